The average molecular weight is 369 g/mol. The SMILES string of the molecule is CN(C[C@@H]1CCCO1)C(=O)C1CCN(c2ccc3cccc(O)c3n2)CC1. The molecule has 2 aromatic rings. The topological polar surface area (TPSA) is 65.9 Å². The Kier molecular flexibility index (Phi) is 5.16. The van der Waals surface area contributed by atoms with Crippen molar-refractivity contribution in [3.63, 3.8) is 0 Å². The maximum absolute atomic E-state index is 12.8. The number of piperidine rings is 1. The molecule has 27 heavy (non-hydrogen) atoms. The predicted octanol–water partition coefficient (Wildman–Crippen LogP) is 2.79. The summed E-state index contributed by atoms with van der Waals surface area (Å²) in [6.45, 7) is 3.12. The van der Waals surface area contributed by atoms with Crippen LogP contribution in [-0.2, 0) is 9.53 Å². The van der Waals surface area contributed by atoms with Gasteiger partial charge < -0.3 is 19.6 Å². The van der Waals surface area contributed by atoms with Gasteiger partial charge in [-0.25, -0.2) is 4.98 Å². The van der Waals surface area contributed by atoms with Crippen LogP contribution in [0.15, 0.2) is 30.3 Å². The van der Waals surface area contributed by atoms with Gasteiger partial charge in [-0.2, -0.15) is 0 Å². The predicted molar refractivity (Wildman–Crippen MR) is 105 cm³/mol. The summed E-state index contributed by atoms with van der Waals surface area (Å²) >= 11 is 0. The molecule has 144 valence electrons. The molecule has 0 radical (unpaired) electrons. The van der Waals surface area contributed by atoms with E-state index >= 15 is 0 Å². The van der Waals surface area contributed by atoms with Crippen LogP contribution in [0.25, 0.3) is 10.9 Å². The number of carbonyl (C=O) groups excluding carboxylic acids is 1. The summed E-state index contributed by atoms with van der Waals surface area (Å²) in [5.41, 5.74) is 0.629. The number of hydrogen-bond donors (Lipinski definition) is 1. The van der Waals surface area contributed by atoms with Crippen molar-refractivity contribution in [1.82, 2.24) is 9.88 Å². The van der Waals surface area contributed by atoms with Crippen LogP contribution in [0, 0.1) is 5.92 Å². The molecule has 2 fully saturated rings. The van der Waals surface area contributed by atoms with Gasteiger partial charge in [0.2, 0.25) is 5.91 Å². The number of hydrogen-bond acceptors (Lipinski definition) is 5. The van der Waals surface area contributed by atoms with Crippen LogP contribution >= 0.6 is 0 Å². The third kappa shape index (κ3) is 3.86. The van der Waals surface area contributed by atoms with Gasteiger partial charge in [-0.05, 0) is 43.9 Å². The van der Waals surface area contributed by atoms with Gasteiger partial charge in [-0.1, -0.05) is 12.1 Å². The Morgan fingerprint density at radius 1 is 1.26 bits per heavy atom. The molecule has 2 aliphatic heterocycles. The van der Waals surface area contributed by atoms with Crippen molar-refractivity contribution in [1.29, 1.82) is 0 Å². The number of phenolic OH excluding ortho intramolecular Hbond substituents is 1. The summed E-state index contributed by atoms with van der Waals surface area (Å²) in [6, 6.07) is 9.41. The number of rotatable bonds is 4. The van der Waals surface area contributed by atoms with Crippen molar-refractivity contribution in [2.75, 3.05) is 38.2 Å². The van der Waals surface area contributed by atoms with Crippen molar-refractivity contribution >= 4 is 22.6 Å². The summed E-state index contributed by atoms with van der Waals surface area (Å²) in [5.74, 6) is 1.37. The zero-order valence-electron chi connectivity index (χ0n) is 15.8. The van der Waals surface area contributed by atoms with Crippen LogP contribution in [0.1, 0.15) is 25.7 Å². The van der Waals surface area contributed by atoms with Crippen LogP contribution in [0.2, 0.25) is 0 Å². The fourth-order valence-corrected chi connectivity index (χ4v) is 4.15. The summed E-state index contributed by atoms with van der Waals surface area (Å²) in [4.78, 5) is 21.4. The van der Waals surface area contributed by atoms with Gasteiger partial charge in [-0.15, -0.1) is 0 Å². The fraction of sp³-hybridized carbons (Fsp3) is 0.524. The van der Waals surface area contributed by atoms with E-state index in [1.165, 1.54) is 0 Å². The minimum Gasteiger partial charge on any atom is -0.506 e. The zero-order chi connectivity index (χ0) is 18.8. The highest BCUT2D eigenvalue weighted by Gasteiger charge is 2.29. The smallest absolute Gasteiger partial charge is 0.225 e. The number of ether oxygens (including phenoxy) is 1. The summed E-state index contributed by atoms with van der Waals surface area (Å²) < 4.78 is 5.65. The van der Waals surface area contributed by atoms with Crippen LogP contribution in [0.5, 0.6) is 5.75 Å². The Morgan fingerprint density at radius 2 is 2.07 bits per heavy atom. The van der Waals surface area contributed by atoms with Crippen molar-refractivity contribution < 1.29 is 14.6 Å². The number of para-hydroxylation sites is 1. The first-order valence-electron chi connectivity index (χ1n) is 9.82. The van der Waals surface area contributed by atoms with Crippen molar-refractivity contribution in [3.05, 3.63) is 30.3 Å². The summed E-state index contributed by atoms with van der Waals surface area (Å²) in [5, 5.41) is 11.0. The van der Waals surface area contributed by atoms with E-state index in [0.29, 0.717) is 12.1 Å². The standard InChI is InChI=1S/C21H27N3O3/c1-23(14-17-5-3-13-27-17)21(26)16-9-11-24(12-10-16)19-8-7-15-4-2-6-18(25)20(15)22-19/h2,4,6-8,16-17,25H,3,5,9-14H2,1H3/t17-/m0/s1. The third-order valence-corrected chi connectivity index (χ3v) is 5.73. The van der Waals surface area contributed by atoms with Gasteiger partial charge in [0.25, 0.3) is 0 Å². The van der Waals surface area contributed by atoms with Crippen LogP contribution in [0.3, 0.4) is 0 Å². The fourth-order valence-electron chi connectivity index (χ4n) is 4.15. The molecule has 0 unspecified atom stereocenters. The molecule has 2 aliphatic rings. The molecule has 6 nitrogen and oxygen atoms in total. The first kappa shape index (κ1) is 18.0. The number of anilines is 1. The molecular formula is C21H27N3O3. The number of phenols is 1. The number of fused-ring (bicyclic) bond motifs is 1. The molecule has 1 atom stereocenters. The van der Waals surface area contributed by atoms with Gasteiger partial charge in [-0.3, -0.25) is 4.79 Å². The Balaban J connectivity index is 1.37. The maximum atomic E-state index is 12.8. The lowest BCUT2D eigenvalue weighted by molar-refractivity contribution is -0.136. The number of aromatic nitrogens is 1. The number of carbonyl (C=O) groups is 1. The van der Waals surface area contributed by atoms with Gasteiger partial charge in [0, 0.05) is 44.6 Å². The average Bonchev–Trinajstić information content (AvgIpc) is 3.21. The highest BCUT2D eigenvalue weighted by Crippen LogP contribution is 2.28. The Morgan fingerprint density at radius 3 is 2.81 bits per heavy atom. The molecule has 6 heteroatoms. The molecule has 1 amide bonds. The number of amides is 1. The van der Waals surface area contributed by atoms with Crippen LogP contribution in [-0.4, -0.2) is 60.3 Å². The number of likely N-dealkylation sites (N-methyl/N-ethyl adjacent to an activating group) is 1. The molecule has 0 bridgehead atoms. The van der Waals surface area contributed by atoms with E-state index in [9.17, 15) is 9.90 Å². The van der Waals surface area contributed by atoms with Gasteiger partial charge in [0.05, 0.1) is 6.10 Å². The first-order valence-corrected chi connectivity index (χ1v) is 9.82. The number of pyridine rings is 1. The molecule has 1 aromatic carbocycles. The number of benzene rings is 1. The monoisotopic (exact) mass is 369 g/mol. The maximum Gasteiger partial charge on any atom is 0.225 e. The largest absolute Gasteiger partial charge is 0.506 e. The second-order valence-corrected chi connectivity index (χ2v) is 7.63. The second-order valence-electron chi connectivity index (χ2n) is 7.63. The van der Waals surface area contributed by atoms with Gasteiger partial charge in [0.1, 0.15) is 17.1 Å². The number of nitrogens with zero attached hydrogens (tertiary/aromatic N) is 3. The van der Waals surface area contributed by atoms with Crippen molar-refractivity contribution in [2.45, 2.75) is 31.8 Å². The molecule has 2 saturated heterocycles. The van der Waals surface area contributed by atoms with Crippen molar-refractivity contribution in [2.24, 2.45) is 5.92 Å². The van der Waals surface area contributed by atoms with E-state index in [2.05, 4.69) is 9.88 Å². The van der Waals surface area contributed by atoms with E-state index in [1.54, 1.807) is 6.07 Å². The zero-order valence-corrected chi connectivity index (χ0v) is 15.8. The van der Waals surface area contributed by atoms with E-state index in [4.69, 9.17) is 4.74 Å². The highest BCUT2D eigenvalue weighted by molar-refractivity contribution is 5.85. The number of aromatic hydroxyl groups is 1. The van der Waals surface area contributed by atoms with E-state index in [1.807, 2.05) is 36.2 Å². The van der Waals surface area contributed by atoms with E-state index < -0.39 is 0 Å². The second kappa shape index (κ2) is 7.72. The van der Waals surface area contributed by atoms with Gasteiger partial charge in [0.15, 0.2) is 0 Å². The molecule has 1 aromatic heterocycles. The normalized spacial score (nSPS) is 20.9. The molecule has 0 spiro atoms. The van der Waals surface area contributed by atoms with Crippen molar-refractivity contribution in [3.8, 4) is 5.75 Å². The lowest BCUT2D eigenvalue weighted by atomic mass is 9.95. The quantitative estimate of drug-likeness (QED) is 0.898. The molecule has 3 heterocycles. The third-order valence-electron chi connectivity index (χ3n) is 5.73. The minimum absolute atomic E-state index is 0.0708. The molecular weight excluding hydrogens is 342 g/mol. The lowest BCUT2D eigenvalue weighted by Crippen LogP contribution is -2.43. The Bertz CT molecular complexity index is 811. The summed E-state index contributed by atoms with van der Waals surface area (Å²) in [6.07, 6.45) is 4.01. The summed E-state index contributed by atoms with van der Waals surface area (Å²) in [7, 11) is 1.89. The molecule has 0 aliphatic carbocycles. The molecule has 4 rings (SSSR count). The highest BCUT2D eigenvalue weighted by atomic mass is 16.5. The minimum atomic E-state index is 0.0708. The van der Waals surface area contributed by atoms with E-state index in [0.717, 1.165) is 56.6 Å². The molecule has 1 N–H and O–H groups in total. The van der Waals surface area contributed by atoms with Crippen LogP contribution < -0.4 is 4.90 Å². The van der Waals surface area contributed by atoms with Crippen LogP contribution in [0.4, 0.5) is 5.82 Å². The van der Waals surface area contributed by atoms with Gasteiger partial charge >= 0.3 is 0 Å². The Labute approximate surface area is 159 Å². The first-order chi connectivity index (χ1) is 13.1. The molecule has 0 saturated carbocycles. The van der Waals surface area contributed by atoms with E-state index in [-0.39, 0.29) is 23.7 Å². The lowest BCUT2D eigenvalue weighted by Gasteiger charge is -2.34. The Hall–Kier alpha value is -2.34.